The third-order valence-electron chi connectivity index (χ3n) is 2.22. The number of H-pyrrole nitrogens is 1. The molecule has 0 radical (unpaired) electrons. The predicted molar refractivity (Wildman–Crippen MR) is 67.4 cm³/mol. The number of rotatable bonds is 7. The van der Waals surface area contributed by atoms with Crippen molar-refractivity contribution in [2.45, 2.75) is 25.3 Å². The number of aromatic amines is 1. The van der Waals surface area contributed by atoms with E-state index in [-0.39, 0.29) is 31.2 Å². The summed E-state index contributed by atoms with van der Waals surface area (Å²) < 4.78 is 0. The Kier molecular flexibility index (Phi) is 7.73. The highest BCUT2D eigenvalue weighted by Crippen LogP contribution is 1.99. The number of hydrogen-bond acceptors (Lipinski definition) is 4. The maximum Gasteiger partial charge on any atom is 0.326 e. The van der Waals surface area contributed by atoms with Crippen LogP contribution in [0.5, 0.6) is 0 Å². The van der Waals surface area contributed by atoms with Gasteiger partial charge in [-0.05, 0) is 13.0 Å². The van der Waals surface area contributed by atoms with Crippen molar-refractivity contribution in [2.75, 3.05) is 6.54 Å². The van der Waals surface area contributed by atoms with Crippen LogP contribution in [0.2, 0.25) is 0 Å². The average Bonchev–Trinajstić information content (AvgIpc) is 2.78. The molecule has 0 spiro atoms. The molecule has 1 unspecified atom stereocenters. The van der Waals surface area contributed by atoms with Crippen molar-refractivity contribution in [3.8, 4) is 0 Å². The van der Waals surface area contributed by atoms with Crippen molar-refractivity contribution in [3.05, 3.63) is 18.2 Å². The molecule has 18 heavy (non-hydrogen) atoms. The molecule has 1 rings (SSSR count). The molecule has 102 valence electrons. The standard InChI is InChI=1S/C10H16N4O3.ClH/c11-3-1-2-9(15)14-8(10(16)17)4-7-5-12-6-13-7;/h5-6,8H,1-4,11H2,(H,12,13)(H,14,15)(H,16,17);1H. The quantitative estimate of drug-likeness (QED) is 0.544. The fourth-order valence-electron chi connectivity index (χ4n) is 1.35. The molecule has 0 aromatic carbocycles. The van der Waals surface area contributed by atoms with Crippen LogP contribution in [0, 0.1) is 0 Å². The average molecular weight is 277 g/mol. The molecule has 0 bridgehead atoms. The first-order valence-electron chi connectivity index (χ1n) is 5.33. The first-order valence-corrected chi connectivity index (χ1v) is 5.33. The number of nitrogens with zero attached hydrogens (tertiary/aromatic N) is 1. The second-order valence-corrected chi connectivity index (χ2v) is 3.63. The van der Waals surface area contributed by atoms with Crippen LogP contribution in [0.1, 0.15) is 18.5 Å². The van der Waals surface area contributed by atoms with Gasteiger partial charge in [0, 0.05) is 24.7 Å². The summed E-state index contributed by atoms with van der Waals surface area (Å²) in [7, 11) is 0. The van der Waals surface area contributed by atoms with Crippen LogP contribution < -0.4 is 11.1 Å². The van der Waals surface area contributed by atoms with Crippen molar-refractivity contribution in [1.82, 2.24) is 15.3 Å². The molecule has 8 heteroatoms. The van der Waals surface area contributed by atoms with Crippen LogP contribution in [-0.2, 0) is 16.0 Å². The van der Waals surface area contributed by atoms with Crippen molar-refractivity contribution < 1.29 is 14.7 Å². The van der Waals surface area contributed by atoms with E-state index in [0.717, 1.165) is 0 Å². The molecule has 0 aliphatic rings. The van der Waals surface area contributed by atoms with E-state index in [9.17, 15) is 9.59 Å². The zero-order chi connectivity index (χ0) is 12.7. The Morgan fingerprint density at radius 1 is 1.56 bits per heavy atom. The Morgan fingerprint density at radius 3 is 2.78 bits per heavy atom. The summed E-state index contributed by atoms with van der Waals surface area (Å²) in [5.74, 6) is -1.37. The van der Waals surface area contributed by atoms with E-state index in [4.69, 9.17) is 10.8 Å². The molecule has 7 nitrogen and oxygen atoms in total. The van der Waals surface area contributed by atoms with E-state index >= 15 is 0 Å². The lowest BCUT2D eigenvalue weighted by atomic mass is 10.1. The van der Waals surface area contributed by atoms with Crippen molar-refractivity contribution in [1.29, 1.82) is 0 Å². The van der Waals surface area contributed by atoms with Crippen LogP contribution in [-0.4, -0.2) is 39.5 Å². The number of aromatic nitrogens is 2. The van der Waals surface area contributed by atoms with Gasteiger partial charge in [0.25, 0.3) is 0 Å². The number of imidazole rings is 1. The molecule has 0 aliphatic heterocycles. The zero-order valence-corrected chi connectivity index (χ0v) is 10.6. The SMILES string of the molecule is Cl.NCCCC(=O)NC(Cc1cnc[nH]1)C(=O)O. The molecule has 1 atom stereocenters. The van der Waals surface area contributed by atoms with Crippen LogP contribution in [0.3, 0.4) is 0 Å². The minimum absolute atomic E-state index is 0. The predicted octanol–water partition coefficient (Wildman–Crippen LogP) is -0.318. The van der Waals surface area contributed by atoms with Gasteiger partial charge in [-0.3, -0.25) is 4.79 Å². The third-order valence-corrected chi connectivity index (χ3v) is 2.22. The summed E-state index contributed by atoms with van der Waals surface area (Å²) in [5.41, 5.74) is 5.93. The summed E-state index contributed by atoms with van der Waals surface area (Å²) in [6.07, 6.45) is 3.96. The van der Waals surface area contributed by atoms with Gasteiger partial charge in [-0.1, -0.05) is 0 Å². The van der Waals surface area contributed by atoms with Gasteiger partial charge in [0.1, 0.15) is 6.04 Å². The van der Waals surface area contributed by atoms with E-state index in [1.807, 2.05) is 0 Å². The normalized spacial score (nSPS) is 11.4. The van der Waals surface area contributed by atoms with Gasteiger partial charge < -0.3 is 21.1 Å². The van der Waals surface area contributed by atoms with Crippen molar-refractivity contribution in [3.63, 3.8) is 0 Å². The summed E-state index contributed by atoms with van der Waals surface area (Å²) in [6, 6.07) is -0.944. The maximum atomic E-state index is 11.4. The van der Waals surface area contributed by atoms with Gasteiger partial charge in [0.2, 0.25) is 5.91 Å². The van der Waals surface area contributed by atoms with Crippen LogP contribution in [0.15, 0.2) is 12.5 Å². The molecule has 1 aromatic heterocycles. The Labute approximate surface area is 111 Å². The Bertz CT molecular complexity index is 369. The number of amides is 1. The number of halogens is 1. The highest BCUT2D eigenvalue weighted by atomic mass is 35.5. The molecular formula is C10H17ClN4O3. The highest BCUT2D eigenvalue weighted by Gasteiger charge is 2.20. The molecule has 5 N–H and O–H groups in total. The van der Waals surface area contributed by atoms with Gasteiger partial charge in [0.05, 0.1) is 6.33 Å². The smallest absolute Gasteiger partial charge is 0.326 e. The molecule has 1 heterocycles. The Morgan fingerprint density at radius 2 is 2.28 bits per heavy atom. The first-order chi connectivity index (χ1) is 8.13. The molecular weight excluding hydrogens is 260 g/mol. The number of hydrogen-bond donors (Lipinski definition) is 4. The fourth-order valence-corrected chi connectivity index (χ4v) is 1.35. The van der Waals surface area contributed by atoms with Gasteiger partial charge in [-0.25, -0.2) is 9.78 Å². The minimum atomic E-state index is -1.07. The number of carboxylic acids is 1. The fraction of sp³-hybridized carbons (Fsp3) is 0.500. The third kappa shape index (κ3) is 5.65. The number of carboxylic acid groups (broad SMARTS) is 1. The molecule has 0 saturated heterocycles. The highest BCUT2D eigenvalue weighted by molar-refractivity contribution is 5.85. The van der Waals surface area contributed by atoms with Gasteiger partial charge in [-0.2, -0.15) is 0 Å². The lowest BCUT2D eigenvalue weighted by Gasteiger charge is -2.13. The van der Waals surface area contributed by atoms with Crippen LogP contribution in [0.4, 0.5) is 0 Å². The largest absolute Gasteiger partial charge is 0.480 e. The number of nitrogens with two attached hydrogens (primary N) is 1. The second-order valence-electron chi connectivity index (χ2n) is 3.63. The van der Waals surface area contributed by atoms with Gasteiger partial charge in [-0.15, -0.1) is 12.4 Å². The lowest BCUT2D eigenvalue weighted by molar-refractivity contribution is -0.141. The molecule has 0 aliphatic carbocycles. The monoisotopic (exact) mass is 276 g/mol. The number of nitrogens with one attached hydrogen (secondary N) is 2. The molecule has 1 aromatic rings. The van der Waals surface area contributed by atoms with E-state index in [1.165, 1.54) is 12.5 Å². The number of carbonyl (C=O) groups is 2. The summed E-state index contributed by atoms with van der Waals surface area (Å²) in [5, 5.41) is 11.4. The number of aliphatic carboxylic acids is 1. The lowest BCUT2D eigenvalue weighted by Crippen LogP contribution is -2.42. The number of carbonyl (C=O) groups excluding carboxylic acids is 1. The van der Waals surface area contributed by atoms with Gasteiger partial charge in [0.15, 0.2) is 0 Å². The summed E-state index contributed by atoms with van der Waals surface area (Å²) in [4.78, 5) is 28.9. The van der Waals surface area contributed by atoms with Crippen molar-refractivity contribution in [2.24, 2.45) is 5.73 Å². The first kappa shape index (κ1) is 16.4. The van der Waals surface area contributed by atoms with E-state index in [2.05, 4.69) is 15.3 Å². The van der Waals surface area contributed by atoms with Crippen LogP contribution in [0.25, 0.3) is 0 Å². The van der Waals surface area contributed by atoms with E-state index in [1.54, 1.807) is 0 Å². The Balaban J connectivity index is 0.00000289. The topological polar surface area (TPSA) is 121 Å². The summed E-state index contributed by atoms with van der Waals surface area (Å²) in [6.45, 7) is 0.408. The molecule has 0 fully saturated rings. The van der Waals surface area contributed by atoms with E-state index in [0.29, 0.717) is 18.7 Å². The van der Waals surface area contributed by atoms with Crippen molar-refractivity contribution >= 4 is 24.3 Å². The van der Waals surface area contributed by atoms with Crippen LogP contribution >= 0.6 is 12.4 Å². The molecule has 1 amide bonds. The maximum absolute atomic E-state index is 11.4. The van der Waals surface area contributed by atoms with Gasteiger partial charge >= 0.3 is 5.97 Å². The molecule has 0 saturated carbocycles. The second kappa shape index (κ2) is 8.48. The minimum Gasteiger partial charge on any atom is -0.480 e. The zero-order valence-electron chi connectivity index (χ0n) is 9.76. The summed E-state index contributed by atoms with van der Waals surface area (Å²) >= 11 is 0. The Hall–Kier alpha value is -1.60. The van der Waals surface area contributed by atoms with E-state index < -0.39 is 12.0 Å².